The largest absolute Gasteiger partial charge is 0.483 e. The van der Waals surface area contributed by atoms with E-state index in [-0.39, 0.29) is 30.4 Å². The normalized spacial score (nSPS) is 12.7. The van der Waals surface area contributed by atoms with Gasteiger partial charge < -0.3 is 15.0 Å². The average Bonchev–Trinajstić information content (AvgIpc) is 2.71. The molecule has 1 unspecified atom stereocenters. The van der Waals surface area contributed by atoms with Crippen LogP contribution in [-0.2, 0) is 21.5 Å². The summed E-state index contributed by atoms with van der Waals surface area (Å²) in [6.07, 6.45) is 0.442. The van der Waals surface area contributed by atoms with Crippen LogP contribution in [0.15, 0.2) is 42.5 Å². The Labute approximate surface area is 213 Å². The lowest BCUT2D eigenvalue weighted by atomic mass is 9.86. The van der Waals surface area contributed by atoms with Crippen LogP contribution in [0.25, 0.3) is 0 Å². The zero-order chi connectivity index (χ0) is 25.7. The quantitative estimate of drug-likeness (QED) is 0.450. The van der Waals surface area contributed by atoms with Crippen molar-refractivity contribution in [3.05, 3.63) is 63.6 Å². The zero-order valence-corrected chi connectivity index (χ0v) is 22.7. The minimum Gasteiger partial charge on any atom is -0.483 e. The van der Waals surface area contributed by atoms with Crippen molar-refractivity contribution in [3.8, 4) is 5.75 Å². The van der Waals surface area contributed by atoms with E-state index in [1.54, 1.807) is 18.2 Å². The van der Waals surface area contributed by atoms with Crippen LogP contribution >= 0.6 is 23.2 Å². The van der Waals surface area contributed by atoms with Gasteiger partial charge in [-0.15, -0.1) is 0 Å². The van der Waals surface area contributed by atoms with Crippen molar-refractivity contribution in [1.82, 2.24) is 10.2 Å². The summed E-state index contributed by atoms with van der Waals surface area (Å²) in [5, 5.41) is 3.94. The third-order valence-corrected chi connectivity index (χ3v) is 5.87. The maximum absolute atomic E-state index is 13.5. The van der Waals surface area contributed by atoms with Gasteiger partial charge in [-0.3, -0.25) is 9.59 Å². The Morgan fingerprint density at radius 3 is 2.24 bits per heavy atom. The predicted octanol–water partition coefficient (Wildman–Crippen LogP) is 6.39. The molecule has 0 aliphatic carbocycles. The molecular weight excluding hydrogens is 471 g/mol. The van der Waals surface area contributed by atoms with Crippen molar-refractivity contribution in [2.45, 2.75) is 78.4 Å². The fourth-order valence-electron chi connectivity index (χ4n) is 3.64. The van der Waals surface area contributed by atoms with Crippen molar-refractivity contribution in [3.63, 3.8) is 0 Å². The molecule has 0 heterocycles. The molecule has 186 valence electrons. The second kappa shape index (κ2) is 11.5. The van der Waals surface area contributed by atoms with E-state index in [2.05, 4.69) is 26.1 Å². The maximum atomic E-state index is 13.5. The highest BCUT2D eigenvalue weighted by Gasteiger charge is 2.31. The monoisotopic (exact) mass is 506 g/mol. The highest BCUT2D eigenvalue weighted by Crippen LogP contribution is 2.31. The molecule has 2 amide bonds. The number of nitrogens with one attached hydrogen (secondary N) is 1. The van der Waals surface area contributed by atoms with E-state index in [0.29, 0.717) is 27.8 Å². The molecule has 0 spiro atoms. The first kappa shape index (κ1) is 28.0. The molecule has 0 aliphatic heterocycles. The van der Waals surface area contributed by atoms with E-state index in [1.165, 1.54) is 4.90 Å². The molecule has 2 rings (SSSR count). The van der Waals surface area contributed by atoms with Crippen LogP contribution in [-0.4, -0.2) is 34.9 Å². The van der Waals surface area contributed by atoms with E-state index in [4.69, 9.17) is 27.9 Å². The molecule has 1 atom stereocenters. The zero-order valence-electron chi connectivity index (χ0n) is 21.2. The predicted molar refractivity (Wildman–Crippen MR) is 140 cm³/mol. The standard InChI is InChI=1S/C27H36Cl2N2O3/c1-8-22(25(33)30-27(5,6)7)31(16-18-13-14-19(28)15-21(18)29)24(32)17-34-23-12-10-9-11-20(23)26(2,3)4/h9-15,22H,8,16-17H2,1-7H3,(H,30,33). The molecular formula is C27H36Cl2N2O3. The Kier molecular flexibility index (Phi) is 9.44. The first-order valence-electron chi connectivity index (χ1n) is 11.5. The molecule has 0 fully saturated rings. The molecule has 7 heteroatoms. The number of hydrogen-bond acceptors (Lipinski definition) is 3. The van der Waals surface area contributed by atoms with E-state index in [1.807, 2.05) is 52.0 Å². The number of benzene rings is 2. The van der Waals surface area contributed by atoms with Crippen LogP contribution in [0, 0.1) is 0 Å². The highest BCUT2D eigenvalue weighted by molar-refractivity contribution is 6.35. The minimum absolute atomic E-state index is 0.144. The number of amides is 2. The molecule has 34 heavy (non-hydrogen) atoms. The Morgan fingerprint density at radius 1 is 1.03 bits per heavy atom. The molecule has 0 aliphatic rings. The summed E-state index contributed by atoms with van der Waals surface area (Å²) in [5.74, 6) is 0.134. The molecule has 0 saturated carbocycles. The third-order valence-electron chi connectivity index (χ3n) is 5.29. The number of para-hydroxylation sites is 1. The number of hydrogen-bond donors (Lipinski definition) is 1. The van der Waals surface area contributed by atoms with Crippen molar-refractivity contribution >= 4 is 35.0 Å². The molecule has 0 bridgehead atoms. The lowest BCUT2D eigenvalue weighted by molar-refractivity contribution is -0.143. The van der Waals surface area contributed by atoms with Crippen LogP contribution in [0.4, 0.5) is 0 Å². The maximum Gasteiger partial charge on any atom is 0.261 e. The van der Waals surface area contributed by atoms with Gasteiger partial charge in [0.2, 0.25) is 5.91 Å². The number of nitrogens with zero attached hydrogens (tertiary/aromatic N) is 1. The number of ether oxygens (including phenoxy) is 1. The van der Waals surface area contributed by atoms with Gasteiger partial charge in [0.25, 0.3) is 5.91 Å². The SMILES string of the molecule is CCC(C(=O)NC(C)(C)C)N(Cc1ccc(Cl)cc1Cl)C(=O)COc1ccccc1C(C)(C)C. The lowest BCUT2D eigenvalue weighted by Crippen LogP contribution is -2.54. The molecule has 1 N–H and O–H groups in total. The molecule has 5 nitrogen and oxygen atoms in total. The molecule has 0 saturated heterocycles. The summed E-state index contributed by atoms with van der Waals surface area (Å²) in [7, 11) is 0. The fourth-order valence-corrected chi connectivity index (χ4v) is 4.11. The topological polar surface area (TPSA) is 58.6 Å². The van der Waals surface area contributed by atoms with Crippen LogP contribution < -0.4 is 10.1 Å². The number of halogens is 2. The van der Waals surface area contributed by atoms with Gasteiger partial charge >= 0.3 is 0 Å². The Morgan fingerprint density at radius 2 is 1.68 bits per heavy atom. The van der Waals surface area contributed by atoms with Gasteiger partial charge in [-0.05, 0) is 61.9 Å². The fraction of sp³-hybridized carbons (Fsp3) is 0.481. The van der Waals surface area contributed by atoms with Crippen molar-refractivity contribution < 1.29 is 14.3 Å². The summed E-state index contributed by atoms with van der Waals surface area (Å²) in [5.41, 5.74) is 1.14. The number of carbonyl (C=O) groups excluding carboxylic acids is 2. The van der Waals surface area contributed by atoms with E-state index >= 15 is 0 Å². The Balaban J connectivity index is 2.34. The molecule has 0 aromatic heterocycles. The summed E-state index contributed by atoms with van der Waals surface area (Å²) < 4.78 is 5.99. The highest BCUT2D eigenvalue weighted by atomic mass is 35.5. The van der Waals surface area contributed by atoms with Gasteiger partial charge in [0.05, 0.1) is 0 Å². The van der Waals surface area contributed by atoms with Gasteiger partial charge in [-0.25, -0.2) is 0 Å². The van der Waals surface area contributed by atoms with Crippen LogP contribution in [0.3, 0.4) is 0 Å². The summed E-state index contributed by atoms with van der Waals surface area (Å²) in [6, 6.07) is 12.1. The van der Waals surface area contributed by atoms with Gasteiger partial charge in [0, 0.05) is 22.1 Å². The summed E-state index contributed by atoms with van der Waals surface area (Å²) in [4.78, 5) is 28.1. The summed E-state index contributed by atoms with van der Waals surface area (Å²) >= 11 is 12.5. The lowest BCUT2D eigenvalue weighted by Gasteiger charge is -2.33. The number of carbonyl (C=O) groups is 2. The van der Waals surface area contributed by atoms with Gasteiger partial charge in [-0.1, -0.05) is 75.2 Å². The number of rotatable bonds is 8. The second-order valence-corrected chi connectivity index (χ2v) is 11.3. The van der Waals surface area contributed by atoms with Gasteiger partial charge in [-0.2, -0.15) is 0 Å². The molecule has 2 aromatic carbocycles. The molecule has 2 aromatic rings. The first-order valence-corrected chi connectivity index (χ1v) is 12.3. The molecule has 0 radical (unpaired) electrons. The van der Waals surface area contributed by atoms with Crippen LogP contribution in [0.5, 0.6) is 5.75 Å². The Hall–Kier alpha value is -2.24. The summed E-state index contributed by atoms with van der Waals surface area (Å²) in [6.45, 7) is 13.9. The van der Waals surface area contributed by atoms with Crippen molar-refractivity contribution in [1.29, 1.82) is 0 Å². The van der Waals surface area contributed by atoms with E-state index < -0.39 is 11.6 Å². The smallest absolute Gasteiger partial charge is 0.261 e. The first-order chi connectivity index (χ1) is 15.7. The van der Waals surface area contributed by atoms with Gasteiger partial charge in [0.1, 0.15) is 11.8 Å². The van der Waals surface area contributed by atoms with Crippen LogP contribution in [0.1, 0.15) is 66.0 Å². The van der Waals surface area contributed by atoms with Crippen LogP contribution in [0.2, 0.25) is 10.0 Å². The van der Waals surface area contributed by atoms with Crippen molar-refractivity contribution in [2.75, 3.05) is 6.61 Å². The van der Waals surface area contributed by atoms with Crippen molar-refractivity contribution in [2.24, 2.45) is 0 Å². The second-order valence-electron chi connectivity index (χ2n) is 10.5. The third kappa shape index (κ3) is 7.92. The van der Waals surface area contributed by atoms with E-state index in [9.17, 15) is 9.59 Å². The van der Waals surface area contributed by atoms with E-state index in [0.717, 1.165) is 5.56 Å². The van der Waals surface area contributed by atoms with Gasteiger partial charge in [0.15, 0.2) is 6.61 Å². The minimum atomic E-state index is -0.681. The Bertz CT molecular complexity index is 1010. The average molecular weight is 508 g/mol.